The molecule has 0 radical (unpaired) electrons. The number of hydrogen-bond donors (Lipinski definition) is 5. The van der Waals surface area contributed by atoms with Gasteiger partial charge in [-0.3, -0.25) is 10.2 Å². The molecule has 35 heavy (non-hydrogen) atoms. The van der Waals surface area contributed by atoms with Gasteiger partial charge in [-0.15, -0.1) is 36.2 Å². The number of carboxylic acid groups (broad SMARTS) is 1. The van der Waals surface area contributed by atoms with Gasteiger partial charge in [0.25, 0.3) is 0 Å². The molecule has 1 aromatic heterocycles. The fraction of sp³-hybridized carbons (Fsp3) is 0.320. The van der Waals surface area contributed by atoms with E-state index in [1.54, 1.807) is 30.4 Å². The number of rotatable bonds is 9. The van der Waals surface area contributed by atoms with Crippen molar-refractivity contribution in [2.24, 2.45) is 5.73 Å². The van der Waals surface area contributed by atoms with Crippen molar-refractivity contribution in [3.8, 4) is 5.75 Å². The first-order chi connectivity index (χ1) is 15.8. The van der Waals surface area contributed by atoms with Crippen LogP contribution >= 0.6 is 36.2 Å². The molecule has 1 aliphatic rings. The highest BCUT2D eigenvalue weighted by Gasteiger charge is 2.38. The molecular formula is C25H30Cl2N4O3S. The molecule has 1 unspecified atom stereocenters. The molecule has 7 nitrogen and oxygen atoms in total. The fourth-order valence-electron chi connectivity index (χ4n) is 4.25. The molecule has 3 aromatic rings. The molecule has 1 fully saturated rings. The van der Waals surface area contributed by atoms with Gasteiger partial charge in [0.15, 0.2) is 5.60 Å². The highest BCUT2D eigenvalue weighted by Crippen LogP contribution is 2.31. The Morgan fingerprint density at radius 3 is 2.49 bits per heavy atom. The molecule has 0 spiro atoms. The van der Waals surface area contributed by atoms with Gasteiger partial charge in [-0.05, 0) is 73.7 Å². The van der Waals surface area contributed by atoms with E-state index in [1.165, 1.54) is 0 Å². The number of aryl methyl sites for hydroxylation is 1. The number of nitrogens with one attached hydrogen (secondary N) is 3. The summed E-state index contributed by atoms with van der Waals surface area (Å²) in [4.78, 5) is 13.1. The Hall–Kier alpha value is -2.65. The van der Waals surface area contributed by atoms with Gasteiger partial charge in [0, 0.05) is 28.1 Å². The van der Waals surface area contributed by atoms with Crippen LogP contribution in [0.15, 0.2) is 48.5 Å². The summed E-state index contributed by atoms with van der Waals surface area (Å²) in [7, 11) is 0. The van der Waals surface area contributed by atoms with Crippen molar-refractivity contribution in [1.29, 1.82) is 10.8 Å². The minimum atomic E-state index is -0.851. The van der Waals surface area contributed by atoms with Gasteiger partial charge in [-0.2, -0.15) is 0 Å². The minimum absolute atomic E-state index is 0. The van der Waals surface area contributed by atoms with E-state index in [1.807, 2.05) is 30.3 Å². The van der Waals surface area contributed by atoms with E-state index in [-0.39, 0.29) is 30.6 Å². The second kappa shape index (κ2) is 11.9. The van der Waals surface area contributed by atoms with Crippen LogP contribution in [0.1, 0.15) is 41.7 Å². The Kier molecular flexibility index (Phi) is 9.68. The summed E-state index contributed by atoms with van der Waals surface area (Å²) in [6.07, 6.45) is 1.87. The third kappa shape index (κ3) is 6.32. The first-order valence-corrected chi connectivity index (χ1v) is 11.7. The normalized spacial score (nSPS) is 17.7. The van der Waals surface area contributed by atoms with E-state index in [0.717, 1.165) is 33.5 Å². The first kappa shape index (κ1) is 28.6. The number of fused-ring (bicyclic) bond motifs is 1. The van der Waals surface area contributed by atoms with Crippen LogP contribution in [0.25, 0.3) is 10.1 Å². The fourth-order valence-corrected chi connectivity index (χ4v) is 5.31. The largest absolute Gasteiger partial charge is 0.481 e. The molecule has 1 saturated heterocycles. The lowest BCUT2D eigenvalue weighted by Crippen LogP contribution is -2.44. The molecule has 2 aromatic carbocycles. The van der Waals surface area contributed by atoms with Crippen LogP contribution in [0.5, 0.6) is 5.75 Å². The average Bonchev–Trinajstić information content (AvgIpc) is 3.41. The Morgan fingerprint density at radius 2 is 1.91 bits per heavy atom. The monoisotopic (exact) mass is 536 g/mol. The van der Waals surface area contributed by atoms with E-state index in [0.29, 0.717) is 36.4 Å². The lowest BCUT2D eigenvalue weighted by molar-refractivity contribution is -0.138. The zero-order chi connectivity index (χ0) is 23.6. The highest BCUT2D eigenvalue weighted by molar-refractivity contribution is 7.19. The molecule has 0 bridgehead atoms. The summed E-state index contributed by atoms with van der Waals surface area (Å²) in [5, 5.41) is 29.8. The van der Waals surface area contributed by atoms with Crippen LogP contribution in [-0.4, -0.2) is 41.3 Å². The predicted octanol–water partition coefficient (Wildman–Crippen LogP) is 4.98. The second-order valence-electron chi connectivity index (χ2n) is 8.53. The molecule has 1 aliphatic heterocycles. The van der Waals surface area contributed by atoms with Gasteiger partial charge in [0.2, 0.25) is 0 Å². The van der Waals surface area contributed by atoms with Crippen molar-refractivity contribution in [2.45, 2.75) is 37.7 Å². The zero-order valence-corrected chi connectivity index (χ0v) is 21.7. The minimum Gasteiger partial charge on any atom is -0.481 e. The number of amidine groups is 1. The van der Waals surface area contributed by atoms with Gasteiger partial charge < -0.3 is 26.3 Å². The van der Waals surface area contributed by atoms with E-state index < -0.39 is 17.5 Å². The third-order valence-electron chi connectivity index (χ3n) is 6.25. The van der Waals surface area contributed by atoms with Crippen molar-refractivity contribution in [2.75, 3.05) is 13.1 Å². The summed E-state index contributed by atoms with van der Waals surface area (Å²) in [6, 6.07) is 15.0. The Labute approximate surface area is 220 Å². The zero-order valence-electron chi connectivity index (χ0n) is 19.3. The number of thiophene rings is 1. The summed E-state index contributed by atoms with van der Waals surface area (Å²) >= 11 is 1.64. The highest BCUT2D eigenvalue weighted by atomic mass is 35.5. The van der Waals surface area contributed by atoms with Gasteiger partial charge >= 0.3 is 5.97 Å². The van der Waals surface area contributed by atoms with Crippen molar-refractivity contribution in [3.63, 3.8) is 0 Å². The first-order valence-electron chi connectivity index (χ1n) is 10.9. The van der Waals surface area contributed by atoms with Crippen LogP contribution in [0.2, 0.25) is 0 Å². The van der Waals surface area contributed by atoms with E-state index >= 15 is 0 Å². The lowest BCUT2D eigenvalue weighted by Gasteiger charge is -2.29. The van der Waals surface area contributed by atoms with Crippen LogP contribution in [0, 0.1) is 10.8 Å². The molecule has 4 rings (SSSR count). The summed E-state index contributed by atoms with van der Waals surface area (Å²) < 4.78 is 7.25. The number of halogens is 2. The third-order valence-corrected chi connectivity index (χ3v) is 7.43. The van der Waals surface area contributed by atoms with Crippen molar-refractivity contribution in [1.82, 2.24) is 5.32 Å². The van der Waals surface area contributed by atoms with Gasteiger partial charge in [-0.25, -0.2) is 0 Å². The number of hydrogen-bond acceptors (Lipinski definition) is 6. The number of aliphatic carboxylic acids is 1. The van der Waals surface area contributed by atoms with E-state index in [4.69, 9.17) is 21.3 Å². The van der Waals surface area contributed by atoms with Crippen LogP contribution in [0.3, 0.4) is 0 Å². The number of nitrogens with two attached hydrogens (primary N) is 1. The molecule has 2 heterocycles. The van der Waals surface area contributed by atoms with Crippen LogP contribution in [0.4, 0.5) is 0 Å². The standard InChI is InChI=1S/C25H28N4O3S.2ClH/c1-15(26)25(10-11-29-14-25)32-19-5-2-16(3-6-19)21(24(30)31)8-7-20-13-18-12-17(23(27)28)4-9-22(18)33-20;;/h2-6,9,12-13,21,26,29H,7-8,10-11,14H2,1H3,(H3,27,28)(H,30,31);2*1H/t21?,25-;;/m0../s1. The number of nitrogen functional groups attached to an aromatic ring is 1. The maximum Gasteiger partial charge on any atom is 0.310 e. The Bertz CT molecular complexity index is 1210. The predicted molar refractivity (Wildman–Crippen MR) is 147 cm³/mol. The lowest BCUT2D eigenvalue weighted by atomic mass is 9.93. The molecule has 0 amide bonds. The van der Waals surface area contributed by atoms with Crippen molar-refractivity contribution >= 4 is 63.8 Å². The molecular weight excluding hydrogens is 507 g/mol. The quantitative estimate of drug-likeness (QED) is 0.194. The van der Waals surface area contributed by atoms with Crippen molar-refractivity contribution in [3.05, 3.63) is 64.5 Å². The van der Waals surface area contributed by atoms with Crippen LogP contribution < -0.4 is 15.8 Å². The SMILES string of the molecule is CC(=N)[C@]1(Oc2ccc(C(CCc3cc4cc(C(=N)N)ccc4s3)C(=O)O)cc2)CCNC1.Cl.Cl. The smallest absolute Gasteiger partial charge is 0.310 e. The maximum absolute atomic E-state index is 12.0. The summed E-state index contributed by atoms with van der Waals surface area (Å²) in [6.45, 7) is 3.17. The van der Waals surface area contributed by atoms with Crippen LogP contribution in [-0.2, 0) is 11.2 Å². The van der Waals surface area contributed by atoms with Gasteiger partial charge in [-0.1, -0.05) is 12.1 Å². The number of carboxylic acids is 1. The molecule has 10 heteroatoms. The van der Waals surface area contributed by atoms with Gasteiger partial charge in [0.05, 0.1) is 11.6 Å². The number of ether oxygens (including phenoxy) is 1. The average molecular weight is 538 g/mol. The van der Waals surface area contributed by atoms with E-state index in [9.17, 15) is 9.90 Å². The van der Waals surface area contributed by atoms with Crippen molar-refractivity contribution < 1.29 is 14.6 Å². The topological polar surface area (TPSA) is 132 Å². The molecule has 0 saturated carbocycles. The number of carbonyl (C=O) groups is 1. The second-order valence-corrected chi connectivity index (χ2v) is 9.69. The Morgan fingerprint density at radius 1 is 1.20 bits per heavy atom. The molecule has 0 aliphatic carbocycles. The number of benzene rings is 2. The summed E-state index contributed by atoms with van der Waals surface area (Å²) in [5.41, 5.74) is 6.86. The maximum atomic E-state index is 12.0. The molecule has 6 N–H and O–H groups in total. The summed E-state index contributed by atoms with van der Waals surface area (Å²) in [5.74, 6) is -0.794. The molecule has 2 atom stereocenters. The molecule has 188 valence electrons. The van der Waals surface area contributed by atoms with Gasteiger partial charge in [0.1, 0.15) is 11.6 Å². The Balaban J connectivity index is 0.00000216. The van der Waals surface area contributed by atoms with E-state index in [2.05, 4.69) is 11.4 Å².